The van der Waals surface area contributed by atoms with Gasteiger partial charge in [-0.1, -0.05) is 102 Å². The fourth-order valence-electron chi connectivity index (χ4n) is 5.15. The van der Waals surface area contributed by atoms with Crippen molar-refractivity contribution in [1.29, 1.82) is 0 Å². The SMILES string of the molecule is CC(=NOCC(=O)O)c1ccc(-c2cccc(N3CCN(C(c4ccccc4)c4ccccc4)CC3)c2)cc1. The molecule has 1 heterocycles. The Morgan fingerprint density at radius 3 is 2.00 bits per heavy atom. The largest absolute Gasteiger partial charge is 0.479 e. The third-order valence-corrected chi connectivity index (χ3v) is 7.15. The molecule has 0 amide bonds. The van der Waals surface area contributed by atoms with Crippen LogP contribution in [0.4, 0.5) is 5.69 Å². The van der Waals surface area contributed by atoms with Gasteiger partial charge in [0.15, 0.2) is 0 Å². The van der Waals surface area contributed by atoms with E-state index in [9.17, 15) is 4.79 Å². The second-order valence-corrected chi connectivity index (χ2v) is 9.72. The van der Waals surface area contributed by atoms with Crippen molar-refractivity contribution < 1.29 is 14.7 Å². The maximum absolute atomic E-state index is 10.6. The highest BCUT2D eigenvalue weighted by atomic mass is 16.6. The van der Waals surface area contributed by atoms with Crippen LogP contribution in [0, 0.1) is 0 Å². The lowest BCUT2D eigenvalue weighted by Crippen LogP contribution is -2.48. The zero-order chi connectivity index (χ0) is 27.0. The molecule has 1 aliphatic rings. The Kier molecular flexibility index (Phi) is 8.34. The minimum Gasteiger partial charge on any atom is -0.479 e. The Morgan fingerprint density at radius 1 is 0.795 bits per heavy atom. The van der Waals surface area contributed by atoms with Gasteiger partial charge < -0.3 is 14.8 Å². The van der Waals surface area contributed by atoms with Gasteiger partial charge in [-0.2, -0.15) is 0 Å². The van der Waals surface area contributed by atoms with E-state index in [1.165, 1.54) is 16.8 Å². The molecule has 1 aliphatic heterocycles. The van der Waals surface area contributed by atoms with Crippen molar-refractivity contribution in [2.24, 2.45) is 5.16 Å². The van der Waals surface area contributed by atoms with Crippen LogP contribution in [0.5, 0.6) is 0 Å². The van der Waals surface area contributed by atoms with Gasteiger partial charge >= 0.3 is 5.97 Å². The first-order chi connectivity index (χ1) is 19.1. The Balaban J connectivity index is 1.27. The number of hydrogen-bond acceptors (Lipinski definition) is 5. The van der Waals surface area contributed by atoms with Crippen molar-refractivity contribution in [3.63, 3.8) is 0 Å². The van der Waals surface area contributed by atoms with E-state index in [1.807, 2.05) is 12.1 Å². The van der Waals surface area contributed by atoms with Crippen LogP contribution >= 0.6 is 0 Å². The van der Waals surface area contributed by atoms with Crippen molar-refractivity contribution in [3.8, 4) is 11.1 Å². The average Bonchev–Trinajstić information content (AvgIpc) is 2.99. The molecule has 0 saturated carbocycles. The van der Waals surface area contributed by atoms with Crippen LogP contribution in [0.1, 0.15) is 29.7 Å². The molecule has 0 aliphatic carbocycles. The number of piperazine rings is 1. The zero-order valence-electron chi connectivity index (χ0n) is 22.1. The minimum atomic E-state index is -1.05. The number of benzene rings is 4. The maximum Gasteiger partial charge on any atom is 0.344 e. The van der Waals surface area contributed by atoms with Gasteiger partial charge in [0, 0.05) is 31.9 Å². The summed E-state index contributed by atoms with van der Waals surface area (Å²) in [6.07, 6.45) is 0. The summed E-state index contributed by atoms with van der Waals surface area (Å²) >= 11 is 0. The molecule has 0 spiro atoms. The smallest absolute Gasteiger partial charge is 0.344 e. The van der Waals surface area contributed by atoms with Crippen LogP contribution in [0.15, 0.2) is 114 Å². The first-order valence-electron chi connectivity index (χ1n) is 13.3. The van der Waals surface area contributed by atoms with E-state index in [2.05, 4.69) is 112 Å². The number of carboxylic acids is 1. The lowest BCUT2D eigenvalue weighted by Gasteiger charge is -2.40. The molecule has 4 aromatic rings. The molecule has 1 fully saturated rings. The molecule has 198 valence electrons. The molecule has 1 saturated heterocycles. The van der Waals surface area contributed by atoms with Crippen LogP contribution < -0.4 is 4.90 Å². The molecule has 4 aromatic carbocycles. The summed E-state index contributed by atoms with van der Waals surface area (Å²) in [5, 5.41) is 12.6. The van der Waals surface area contributed by atoms with Crippen LogP contribution in [0.3, 0.4) is 0 Å². The number of carboxylic acid groups (broad SMARTS) is 1. The van der Waals surface area contributed by atoms with E-state index >= 15 is 0 Å². The Hall–Kier alpha value is -4.42. The number of anilines is 1. The molecule has 0 bridgehead atoms. The molecular weight excluding hydrogens is 486 g/mol. The second kappa shape index (κ2) is 12.4. The van der Waals surface area contributed by atoms with Gasteiger partial charge in [0.05, 0.1) is 11.8 Å². The fourth-order valence-corrected chi connectivity index (χ4v) is 5.15. The summed E-state index contributed by atoms with van der Waals surface area (Å²) in [7, 11) is 0. The molecule has 0 aromatic heterocycles. The van der Waals surface area contributed by atoms with Gasteiger partial charge in [0.2, 0.25) is 6.61 Å². The van der Waals surface area contributed by atoms with Crippen molar-refractivity contribution in [2.75, 3.05) is 37.7 Å². The summed E-state index contributed by atoms with van der Waals surface area (Å²) in [5.74, 6) is -1.05. The summed E-state index contributed by atoms with van der Waals surface area (Å²) in [6.45, 7) is 5.24. The van der Waals surface area contributed by atoms with Crippen LogP contribution in [-0.4, -0.2) is 54.5 Å². The predicted molar refractivity (Wildman–Crippen MR) is 156 cm³/mol. The number of rotatable bonds is 9. The average molecular weight is 520 g/mol. The van der Waals surface area contributed by atoms with E-state index in [1.54, 1.807) is 6.92 Å². The first kappa shape index (κ1) is 26.2. The number of aliphatic carboxylic acids is 1. The number of hydrogen-bond donors (Lipinski definition) is 1. The molecule has 39 heavy (non-hydrogen) atoms. The van der Waals surface area contributed by atoms with Gasteiger partial charge in [-0.3, -0.25) is 4.90 Å². The zero-order valence-corrected chi connectivity index (χ0v) is 22.1. The summed E-state index contributed by atoms with van der Waals surface area (Å²) < 4.78 is 0. The Bertz CT molecular complexity index is 1360. The third-order valence-electron chi connectivity index (χ3n) is 7.15. The van der Waals surface area contributed by atoms with E-state index in [0.29, 0.717) is 5.71 Å². The standard InChI is InChI=1S/C33H33N3O3/c1-25(34-39-24-32(37)38)26-15-17-27(18-16-26)30-13-8-14-31(23-30)35-19-21-36(22-20-35)33(28-9-4-2-5-10-28)29-11-6-3-7-12-29/h2-18,23,33H,19-22,24H2,1H3,(H,37,38). The lowest BCUT2D eigenvalue weighted by molar-refractivity contribution is -0.142. The predicted octanol–water partition coefficient (Wildman–Crippen LogP) is 6.09. The van der Waals surface area contributed by atoms with Gasteiger partial charge in [0.25, 0.3) is 0 Å². The summed E-state index contributed by atoms with van der Waals surface area (Å²) in [5.41, 5.74) is 7.69. The van der Waals surface area contributed by atoms with E-state index < -0.39 is 12.6 Å². The molecular formula is C33H33N3O3. The van der Waals surface area contributed by atoms with Crippen LogP contribution in [0.25, 0.3) is 11.1 Å². The lowest BCUT2D eigenvalue weighted by atomic mass is 9.96. The van der Waals surface area contributed by atoms with E-state index in [-0.39, 0.29) is 6.04 Å². The number of carbonyl (C=O) groups is 1. The molecule has 1 N–H and O–H groups in total. The minimum absolute atomic E-state index is 0.251. The quantitative estimate of drug-likeness (QED) is 0.214. The number of nitrogens with zero attached hydrogens (tertiary/aromatic N) is 3. The highest BCUT2D eigenvalue weighted by Gasteiger charge is 2.26. The first-order valence-corrected chi connectivity index (χ1v) is 13.3. The molecule has 0 unspecified atom stereocenters. The van der Waals surface area contributed by atoms with Crippen molar-refractivity contribution in [3.05, 3.63) is 126 Å². The van der Waals surface area contributed by atoms with E-state index in [0.717, 1.165) is 42.9 Å². The Morgan fingerprint density at radius 2 is 1.41 bits per heavy atom. The third kappa shape index (κ3) is 6.54. The fraction of sp³-hybridized carbons (Fsp3) is 0.212. The Labute approximate surface area is 229 Å². The summed E-state index contributed by atoms with van der Waals surface area (Å²) in [6, 6.07) is 38.6. The van der Waals surface area contributed by atoms with Crippen molar-refractivity contribution in [1.82, 2.24) is 4.90 Å². The van der Waals surface area contributed by atoms with Gasteiger partial charge in [-0.05, 0) is 46.9 Å². The van der Waals surface area contributed by atoms with Crippen LogP contribution in [0.2, 0.25) is 0 Å². The summed E-state index contributed by atoms with van der Waals surface area (Å²) in [4.78, 5) is 20.5. The van der Waals surface area contributed by atoms with E-state index in [4.69, 9.17) is 9.94 Å². The molecule has 5 rings (SSSR count). The molecule has 0 atom stereocenters. The van der Waals surface area contributed by atoms with Gasteiger partial charge in [-0.15, -0.1) is 0 Å². The molecule has 6 nitrogen and oxygen atoms in total. The van der Waals surface area contributed by atoms with Gasteiger partial charge in [-0.25, -0.2) is 4.79 Å². The highest BCUT2D eigenvalue weighted by molar-refractivity contribution is 5.98. The van der Waals surface area contributed by atoms with Crippen molar-refractivity contribution >= 4 is 17.4 Å². The normalized spacial score (nSPS) is 14.4. The number of oxime groups is 1. The molecule has 0 radical (unpaired) electrons. The van der Waals surface area contributed by atoms with Gasteiger partial charge in [0.1, 0.15) is 0 Å². The van der Waals surface area contributed by atoms with Crippen molar-refractivity contribution in [2.45, 2.75) is 13.0 Å². The second-order valence-electron chi connectivity index (χ2n) is 9.72. The molecule has 6 heteroatoms. The van der Waals surface area contributed by atoms with Crippen LogP contribution in [-0.2, 0) is 9.63 Å². The topological polar surface area (TPSA) is 65.4 Å². The maximum atomic E-state index is 10.6. The monoisotopic (exact) mass is 519 g/mol. The highest BCUT2D eigenvalue weighted by Crippen LogP contribution is 2.31.